The van der Waals surface area contributed by atoms with Crippen LogP contribution < -0.4 is 0 Å². The lowest BCUT2D eigenvalue weighted by Gasteiger charge is -2.12. The van der Waals surface area contributed by atoms with Crippen molar-refractivity contribution in [2.75, 3.05) is 6.67 Å². The topological polar surface area (TPSA) is 0 Å². The second-order valence-corrected chi connectivity index (χ2v) is 11.9. The molecule has 0 radical (unpaired) electrons. The number of alkyl halides is 4. The molecule has 0 fully saturated rings. The number of halogens is 4. The average Bonchev–Trinajstić information content (AvgIpc) is 2.02. The summed E-state index contributed by atoms with van der Waals surface area (Å²) in [5.41, 5.74) is 0. The number of hydrogen-bond donors (Lipinski definition) is 0. The summed E-state index contributed by atoms with van der Waals surface area (Å²) in [6, 6.07) is -1.42. The highest BCUT2D eigenvalue weighted by Gasteiger charge is 2.20. The van der Waals surface area contributed by atoms with Gasteiger partial charge < -0.3 is 0 Å². The van der Waals surface area contributed by atoms with E-state index in [9.17, 15) is 17.6 Å². The van der Waals surface area contributed by atoms with E-state index in [-0.39, 0.29) is 6.04 Å². The normalized spacial score (nSPS) is 17.5. The molecule has 0 aliphatic rings. The first-order valence-corrected chi connectivity index (χ1v) is 9.79. The minimum atomic E-state index is -2.21. The summed E-state index contributed by atoms with van der Waals surface area (Å²) in [4.78, 5) is 0. The molecule has 0 aliphatic carbocycles. The van der Waals surface area contributed by atoms with Crippen molar-refractivity contribution in [2.45, 2.75) is 31.2 Å². The van der Waals surface area contributed by atoms with Crippen molar-refractivity contribution in [3.05, 3.63) is 0 Å². The fourth-order valence-corrected chi connectivity index (χ4v) is 7.49. The summed E-state index contributed by atoms with van der Waals surface area (Å²) in [6.45, 7) is 0.790. The van der Waals surface area contributed by atoms with Crippen LogP contribution in [0.1, 0.15) is 6.92 Å². The third kappa shape index (κ3) is 5.76. The molecule has 0 rings (SSSR count). The van der Waals surface area contributed by atoms with Gasteiger partial charge in [-0.1, -0.05) is 13.0 Å². The van der Waals surface area contributed by atoms with E-state index in [1.165, 1.54) is 0 Å². The van der Waals surface area contributed by atoms with Gasteiger partial charge in [-0.15, -0.1) is 0 Å². The van der Waals surface area contributed by atoms with Gasteiger partial charge in [0.15, 0.2) is 0 Å². The van der Waals surface area contributed by atoms with E-state index in [0.29, 0.717) is 6.04 Å². The maximum atomic E-state index is 12.5. The Bertz CT molecular complexity index is 112. The smallest absolute Gasteiger partial charge is 0.211 e. The van der Waals surface area contributed by atoms with Gasteiger partial charge in [-0.3, -0.25) is 0 Å². The molecule has 0 amide bonds. The molecule has 0 saturated carbocycles. The van der Waals surface area contributed by atoms with Gasteiger partial charge in [0.25, 0.3) is 0 Å². The van der Waals surface area contributed by atoms with E-state index in [1.54, 1.807) is 6.92 Å². The molecule has 0 saturated heterocycles. The molecule has 0 N–H and O–H groups in total. The molecule has 0 aliphatic heterocycles. The SMILES string of the molecule is CC[SiH](CC(F)CF)[SiH2]C(F)F. The first-order chi connectivity index (χ1) is 5.60. The Morgan fingerprint density at radius 3 is 2.25 bits per heavy atom. The minimum Gasteiger partial charge on any atom is -0.248 e. The Morgan fingerprint density at radius 2 is 1.92 bits per heavy atom. The van der Waals surface area contributed by atoms with E-state index >= 15 is 0 Å². The third-order valence-electron chi connectivity index (χ3n) is 1.85. The fourth-order valence-electron chi connectivity index (χ4n) is 1.11. The molecular weight excluding hydrogens is 204 g/mol. The first-order valence-electron chi connectivity index (χ1n) is 4.08. The fraction of sp³-hybridized carbons (Fsp3) is 1.00. The molecule has 12 heavy (non-hydrogen) atoms. The number of hydrogen-bond acceptors (Lipinski definition) is 0. The number of rotatable bonds is 6. The molecule has 0 heterocycles. The van der Waals surface area contributed by atoms with Gasteiger partial charge in [-0.05, 0) is 6.04 Å². The van der Waals surface area contributed by atoms with Crippen molar-refractivity contribution < 1.29 is 17.6 Å². The molecule has 0 aromatic rings. The standard InChI is InChI=1S/C6H14F4Si2/c1-2-12(11-6(9)10)4-5(8)3-7/h5-6,12H,2-4,11H2,1H3. The molecule has 0 spiro atoms. The van der Waals surface area contributed by atoms with Gasteiger partial charge in [0.05, 0.1) is 9.04 Å². The third-order valence-corrected chi connectivity index (χ3v) is 11.0. The van der Waals surface area contributed by atoms with E-state index in [1.807, 2.05) is 0 Å². The lowest BCUT2D eigenvalue weighted by Crippen LogP contribution is -2.30. The van der Waals surface area contributed by atoms with Crippen molar-refractivity contribution in [3.8, 4) is 0 Å². The van der Waals surface area contributed by atoms with Crippen LogP contribution in [0, 0.1) is 0 Å². The van der Waals surface area contributed by atoms with Crippen LogP contribution in [0.5, 0.6) is 0 Å². The van der Waals surface area contributed by atoms with Crippen molar-refractivity contribution in [1.29, 1.82) is 0 Å². The van der Waals surface area contributed by atoms with Gasteiger partial charge in [-0.25, -0.2) is 17.6 Å². The van der Waals surface area contributed by atoms with Crippen molar-refractivity contribution >= 4 is 17.4 Å². The molecule has 6 heteroatoms. The molecule has 2 atom stereocenters. The maximum absolute atomic E-state index is 12.5. The Morgan fingerprint density at radius 1 is 1.33 bits per heavy atom. The Balaban J connectivity index is 3.66. The lowest BCUT2D eigenvalue weighted by molar-refractivity contribution is 0.240. The largest absolute Gasteiger partial charge is 0.248 e. The van der Waals surface area contributed by atoms with Crippen LogP contribution in [-0.2, 0) is 0 Å². The van der Waals surface area contributed by atoms with Crippen molar-refractivity contribution in [3.63, 3.8) is 0 Å². The summed E-state index contributed by atoms with van der Waals surface area (Å²) in [6.07, 6.45) is -1.48. The van der Waals surface area contributed by atoms with Gasteiger partial charge in [0, 0.05) is 8.31 Å². The summed E-state index contributed by atoms with van der Waals surface area (Å²) in [5, 5.41) is 0. The summed E-state index contributed by atoms with van der Waals surface area (Å²) < 4.78 is 48.0. The summed E-state index contributed by atoms with van der Waals surface area (Å²) in [7, 11) is -2.97. The van der Waals surface area contributed by atoms with E-state index in [4.69, 9.17) is 0 Å². The van der Waals surface area contributed by atoms with E-state index < -0.39 is 36.2 Å². The Labute approximate surface area is 73.6 Å². The zero-order valence-electron chi connectivity index (χ0n) is 7.07. The Hall–Kier alpha value is 0.154. The van der Waals surface area contributed by atoms with Crippen molar-refractivity contribution in [1.82, 2.24) is 0 Å². The minimum absolute atomic E-state index is 0.115. The van der Waals surface area contributed by atoms with Crippen LogP contribution in [0.3, 0.4) is 0 Å². The molecule has 2 unspecified atom stereocenters. The van der Waals surface area contributed by atoms with Crippen LogP contribution in [0.4, 0.5) is 17.6 Å². The second kappa shape index (κ2) is 6.65. The zero-order chi connectivity index (χ0) is 9.56. The predicted molar refractivity (Wildman–Crippen MR) is 47.9 cm³/mol. The van der Waals surface area contributed by atoms with Crippen LogP contribution in [0.15, 0.2) is 0 Å². The summed E-state index contributed by atoms with van der Waals surface area (Å²) >= 11 is 0. The molecule has 0 nitrogen and oxygen atoms in total. The van der Waals surface area contributed by atoms with E-state index in [2.05, 4.69) is 0 Å². The zero-order valence-corrected chi connectivity index (χ0v) is 9.64. The monoisotopic (exact) mass is 218 g/mol. The lowest BCUT2D eigenvalue weighted by atomic mass is 10.5. The highest BCUT2D eigenvalue weighted by Crippen LogP contribution is 2.09. The maximum Gasteiger partial charge on any atom is 0.211 e. The van der Waals surface area contributed by atoms with Gasteiger partial charge in [0.2, 0.25) is 6.05 Å². The van der Waals surface area contributed by atoms with Gasteiger partial charge in [0.1, 0.15) is 12.8 Å². The van der Waals surface area contributed by atoms with Crippen LogP contribution in [0.2, 0.25) is 12.1 Å². The predicted octanol–water partition coefficient (Wildman–Crippen LogP) is 1.43. The van der Waals surface area contributed by atoms with Crippen LogP contribution in [0.25, 0.3) is 0 Å². The molecule has 0 aromatic heterocycles. The molecule has 0 bridgehead atoms. The molecule has 0 aromatic carbocycles. The average molecular weight is 218 g/mol. The van der Waals surface area contributed by atoms with Crippen molar-refractivity contribution in [2.24, 2.45) is 0 Å². The Kier molecular flexibility index (Phi) is 6.73. The van der Waals surface area contributed by atoms with E-state index in [0.717, 1.165) is 0 Å². The highest BCUT2D eigenvalue weighted by atomic mass is 29.2. The summed E-state index contributed by atoms with van der Waals surface area (Å²) in [5.74, 6) is 0. The molecular formula is C6H14F4Si2. The molecule has 74 valence electrons. The van der Waals surface area contributed by atoms with Crippen LogP contribution in [-0.4, -0.2) is 36.2 Å². The van der Waals surface area contributed by atoms with Gasteiger partial charge >= 0.3 is 0 Å². The second-order valence-electron chi connectivity index (χ2n) is 2.89. The highest BCUT2D eigenvalue weighted by molar-refractivity contribution is 7.12. The van der Waals surface area contributed by atoms with Gasteiger partial charge in [-0.2, -0.15) is 0 Å². The van der Waals surface area contributed by atoms with Crippen LogP contribution >= 0.6 is 0 Å². The quantitative estimate of drug-likeness (QED) is 0.467. The first kappa shape index (κ1) is 12.2.